The summed E-state index contributed by atoms with van der Waals surface area (Å²) in [5, 5.41) is 33.4. The summed E-state index contributed by atoms with van der Waals surface area (Å²) in [7, 11) is 2.45. The number of carbonyl (C=O) groups excluding carboxylic acids is 5. The SMILES string of the molecule is CN(C)C1C(=O)C(C(N)=O)C(=O)C2(O)C(=O)C3C(=O)c4c(O)cccc4C(COC(F)(F)C(F)(F)F)C3C(O)C12. The van der Waals surface area contributed by atoms with Gasteiger partial charge >= 0.3 is 12.3 Å². The first-order valence-corrected chi connectivity index (χ1v) is 11.7. The van der Waals surface area contributed by atoms with Gasteiger partial charge in [-0.15, -0.1) is 0 Å². The minimum Gasteiger partial charge on any atom is -0.507 e. The number of aliphatic hydroxyl groups is 2. The van der Waals surface area contributed by atoms with Crippen molar-refractivity contribution < 1.29 is 66.0 Å². The largest absolute Gasteiger partial charge is 0.507 e. The molecule has 40 heavy (non-hydrogen) atoms. The Bertz CT molecular complexity index is 1320. The molecular formula is C24H23F5N2O9. The number of aliphatic hydroxyl groups excluding tert-OH is 1. The number of phenolic OH excluding ortho intramolecular Hbond substituents is 1. The molecule has 218 valence electrons. The summed E-state index contributed by atoms with van der Waals surface area (Å²) in [4.78, 5) is 66.8. The van der Waals surface area contributed by atoms with Gasteiger partial charge in [-0.25, -0.2) is 0 Å². The van der Waals surface area contributed by atoms with Crippen molar-refractivity contribution in [2.75, 3.05) is 20.7 Å². The number of carbonyl (C=O) groups is 5. The van der Waals surface area contributed by atoms with Crippen LogP contribution < -0.4 is 5.73 Å². The Morgan fingerprint density at radius 3 is 2.23 bits per heavy atom. The number of nitrogens with zero attached hydrogens (tertiary/aromatic N) is 1. The molecule has 0 heterocycles. The van der Waals surface area contributed by atoms with Crippen LogP contribution in [0.2, 0.25) is 0 Å². The molecule has 0 aliphatic heterocycles. The molecule has 1 aromatic carbocycles. The number of halogens is 5. The van der Waals surface area contributed by atoms with Crippen molar-refractivity contribution >= 4 is 29.0 Å². The third-order valence-corrected chi connectivity index (χ3v) is 7.92. The number of rotatable bonds is 5. The van der Waals surface area contributed by atoms with Crippen molar-refractivity contribution in [1.82, 2.24) is 4.90 Å². The molecule has 4 rings (SSSR count). The summed E-state index contributed by atoms with van der Waals surface area (Å²) in [6, 6.07) is 1.39. The molecule has 0 radical (unpaired) electrons. The fourth-order valence-electron chi connectivity index (χ4n) is 6.24. The van der Waals surface area contributed by atoms with Crippen LogP contribution in [0.15, 0.2) is 18.2 Å². The first kappa shape index (κ1) is 29.6. The number of likely N-dealkylation sites (N-methyl/N-ethyl adjacent to an activating group) is 1. The van der Waals surface area contributed by atoms with Crippen LogP contribution in [-0.2, 0) is 23.9 Å². The number of benzene rings is 1. The summed E-state index contributed by atoms with van der Waals surface area (Å²) < 4.78 is 70.0. The zero-order chi connectivity index (χ0) is 30.3. The third kappa shape index (κ3) is 3.95. The highest BCUT2D eigenvalue weighted by atomic mass is 19.4. The second kappa shape index (κ2) is 9.36. The minimum atomic E-state index is -6.16. The predicted molar refractivity (Wildman–Crippen MR) is 119 cm³/mol. The van der Waals surface area contributed by atoms with Gasteiger partial charge in [0.25, 0.3) is 0 Å². The highest BCUT2D eigenvalue weighted by Gasteiger charge is 2.73. The summed E-state index contributed by atoms with van der Waals surface area (Å²) >= 11 is 0. The van der Waals surface area contributed by atoms with Gasteiger partial charge in [-0.1, -0.05) is 12.1 Å². The lowest BCUT2D eigenvalue weighted by atomic mass is 9.49. The molecule has 2 fully saturated rings. The zero-order valence-corrected chi connectivity index (χ0v) is 20.7. The number of nitrogens with two attached hydrogens (primary N) is 1. The van der Waals surface area contributed by atoms with E-state index in [-0.39, 0.29) is 5.56 Å². The maximum Gasteiger partial charge on any atom is 0.482 e. The van der Waals surface area contributed by atoms with Gasteiger partial charge in [0, 0.05) is 11.8 Å². The molecule has 2 saturated carbocycles. The number of aromatic hydroxyl groups is 1. The van der Waals surface area contributed by atoms with Crippen LogP contribution in [0.25, 0.3) is 0 Å². The molecule has 1 amide bonds. The van der Waals surface area contributed by atoms with Crippen molar-refractivity contribution in [3.63, 3.8) is 0 Å². The van der Waals surface area contributed by atoms with Crippen molar-refractivity contribution in [2.24, 2.45) is 29.4 Å². The summed E-state index contributed by atoms with van der Waals surface area (Å²) in [6.45, 7) is -1.55. The van der Waals surface area contributed by atoms with E-state index in [4.69, 9.17) is 5.73 Å². The molecule has 3 aliphatic carbocycles. The fraction of sp³-hybridized carbons (Fsp3) is 0.542. The van der Waals surface area contributed by atoms with Crippen molar-refractivity contribution in [2.45, 2.75) is 35.9 Å². The van der Waals surface area contributed by atoms with E-state index in [0.717, 1.165) is 23.1 Å². The van der Waals surface area contributed by atoms with Gasteiger partial charge in [-0.05, 0) is 25.7 Å². The fourth-order valence-corrected chi connectivity index (χ4v) is 6.24. The number of ketones is 4. The molecule has 0 bridgehead atoms. The second-order valence-corrected chi connectivity index (χ2v) is 10.3. The molecule has 11 nitrogen and oxygen atoms in total. The van der Waals surface area contributed by atoms with E-state index in [1.54, 1.807) is 0 Å². The number of phenols is 1. The van der Waals surface area contributed by atoms with Crippen LogP contribution in [0.1, 0.15) is 21.8 Å². The molecular weight excluding hydrogens is 555 g/mol. The first-order valence-electron chi connectivity index (χ1n) is 11.7. The summed E-state index contributed by atoms with van der Waals surface area (Å²) in [5.74, 6) is -18.6. The number of fused-ring (bicyclic) bond motifs is 3. The van der Waals surface area contributed by atoms with Crippen LogP contribution in [0.3, 0.4) is 0 Å². The molecule has 5 N–H and O–H groups in total. The highest BCUT2D eigenvalue weighted by molar-refractivity contribution is 6.32. The molecule has 8 atom stereocenters. The molecule has 0 aromatic heterocycles. The normalized spacial score (nSPS) is 34.4. The van der Waals surface area contributed by atoms with Crippen LogP contribution >= 0.6 is 0 Å². The number of alkyl halides is 5. The second-order valence-electron chi connectivity index (χ2n) is 10.3. The lowest BCUT2D eigenvalue weighted by Crippen LogP contribution is -2.78. The lowest BCUT2D eigenvalue weighted by Gasteiger charge is -2.56. The van der Waals surface area contributed by atoms with Crippen LogP contribution in [0, 0.1) is 23.7 Å². The molecule has 8 unspecified atom stereocenters. The Kier molecular flexibility index (Phi) is 6.93. The third-order valence-electron chi connectivity index (χ3n) is 7.92. The van der Waals surface area contributed by atoms with Crippen LogP contribution in [-0.4, -0.2) is 100.0 Å². The van der Waals surface area contributed by atoms with Gasteiger partial charge in [0.05, 0.1) is 36.2 Å². The molecule has 0 saturated heterocycles. The Morgan fingerprint density at radius 1 is 1.10 bits per heavy atom. The average Bonchev–Trinajstić information content (AvgIpc) is 2.82. The van der Waals surface area contributed by atoms with E-state index in [2.05, 4.69) is 4.74 Å². The lowest BCUT2D eigenvalue weighted by molar-refractivity contribution is -0.392. The maximum absolute atomic E-state index is 13.8. The predicted octanol–water partition coefficient (Wildman–Crippen LogP) is -0.449. The Hall–Kier alpha value is -3.34. The van der Waals surface area contributed by atoms with E-state index in [0.29, 0.717) is 0 Å². The molecule has 1 aromatic rings. The number of ether oxygens (including phenoxy) is 1. The smallest absolute Gasteiger partial charge is 0.482 e. The Morgan fingerprint density at radius 2 is 1.70 bits per heavy atom. The number of hydrogen-bond acceptors (Lipinski definition) is 10. The van der Waals surface area contributed by atoms with E-state index < -0.39 is 107 Å². The van der Waals surface area contributed by atoms with Gasteiger partial charge in [-0.3, -0.25) is 28.9 Å². The summed E-state index contributed by atoms with van der Waals surface area (Å²) in [5.41, 5.74) is 0.770. The van der Waals surface area contributed by atoms with Gasteiger partial charge in [0.1, 0.15) is 5.75 Å². The Balaban J connectivity index is 1.94. The number of primary amides is 1. The molecule has 3 aliphatic rings. The number of hydrogen-bond donors (Lipinski definition) is 4. The molecule has 16 heteroatoms. The first-order chi connectivity index (χ1) is 18.3. The van der Waals surface area contributed by atoms with Gasteiger partial charge in [0.2, 0.25) is 5.91 Å². The summed E-state index contributed by atoms with van der Waals surface area (Å²) in [6.07, 6.45) is -14.1. The van der Waals surface area contributed by atoms with Gasteiger partial charge < -0.3 is 25.8 Å². The van der Waals surface area contributed by atoms with E-state index >= 15 is 0 Å². The number of amides is 1. The van der Waals surface area contributed by atoms with Gasteiger partial charge in [0.15, 0.2) is 34.7 Å². The monoisotopic (exact) mass is 578 g/mol. The van der Waals surface area contributed by atoms with E-state index in [1.807, 2.05) is 0 Å². The van der Waals surface area contributed by atoms with Crippen molar-refractivity contribution in [3.05, 3.63) is 29.3 Å². The average molecular weight is 578 g/mol. The van der Waals surface area contributed by atoms with Crippen molar-refractivity contribution in [3.8, 4) is 5.75 Å². The number of Topliss-reactive ketones (excluding diaryl/α,β-unsaturated/α-hetero) is 4. The quantitative estimate of drug-likeness (QED) is 0.264. The maximum atomic E-state index is 13.8. The Labute approximate surface area is 221 Å². The van der Waals surface area contributed by atoms with E-state index in [9.17, 15) is 61.2 Å². The molecule has 0 spiro atoms. The van der Waals surface area contributed by atoms with Gasteiger partial charge in [-0.2, -0.15) is 22.0 Å². The van der Waals surface area contributed by atoms with Crippen molar-refractivity contribution in [1.29, 1.82) is 0 Å². The highest BCUT2D eigenvalue weighted by Crippen LogP contribution is 2.55. The standard InChI is InChI=1S/C24H23F5N2O9/c1-31(2)15-14-17(34)11-8(6-40-24(28,29)23(25,26)27)7-4-3-5-9(32)10(7)16(33)12(11)19(36)22(14,39)20(37)13(18(15)35)21(30)38/h3-5,8,11-15,17,32,34,39H,6H2,1-2H3,(H2,30,38). The topological polar surface area (TPSA) is 185 Å². The van der Waals surface area contributed by atoms with Crippen LogP contribution in [0.5, 0.6) is 5.75 Å². The van der Waals surface area contributed by atoms with E-state index in [1.165, 1.54) is 14.1 Å². The van der Waals surface area contributed by atoms with Crippen LogP contribution in [0.4, 0.5) is 22.0 Å². The minimum absolute atomic E-state index is 0.355. The zero-order valence-electron chi connectivity index (χ0n) is 20.7.